The average molecular weight is 366 g/mol. The molecule has 25 heavy (non-hydrogen) atoms. The molecule has 0 spiro atoms. The fraction of sp³-hybridized carbons (Fsp3) is 0.500. The lowest BCUT2D eigenvalue weighted by molar-refractivity contribution is -0.140. The Bertz CT molecular complexity index is 667. The van der Waals surface area contributed by atoms with Gasteiger partial charge in [-0.2, -0.15) is 0 Å². The molecule has 1 aliphatic heterocycles. The standard InChI is InChI=1S/C18H24ClN3O3/c1-13(23)20-15-6-4-5-14(11-15)16(24)21-7-9-22(10-8-21)17(25)18(2,3)12-19/h4-6,11H,7-10,12H2,1-3H3,(H,20,23). The number of halogens is 1. The minimum atomic E-state index is -0.597. The van der Waals surface area contributed by atoms with Crippen LogP contribution in [0, 0.1) is 5.41 Å². The Morgan fingerprint density at radius 3 is 2.28 bits per heavy atom. The number of hydrogen-bond acceptors (Lipinski definition) is 3. The first kappa shape index (κ1) is 19.2. The summed E-state index contributed by atoms with van der Waals surface area (Å²) in [7, 11) is 0. The molecule has 1 aromatic rings. The molecule has 0 unspecified atom stereocenters. The van der Waals surface area contributed by atoms with Crippen LogP contribution < -0.4 is 5.32 Å². The third kappa shape index (κ3) is 4.72. The van der Waals surface area contributed by atoms with E-state index in [0.29, 0.717) is 37.4 Å². The zero-order chi connectivity index (χ0) is 18.6. The van der Waals surface area contributed by atoms with Gasteiger partial charge in [-0.15, -0.1) is 11.6 Å². The summed E-state index contributed by atoms with van der Waals surface area (Å²) in [6.45, 7) is 7.03. The molecule has 3 amide bonds. The largest absolute Gasteiger partial charge is 0.339 e. The van der Waals surface area contributed by atoms with Crippen LogP contribution in [0.25, 0.3) is 0 Å². The maximum absolute atomic E-state index is 12.7. The maximum Gasteiger partial charge on any atom is 0.254 e. The Morgan fingerprint density at radius 1 is 1.12 bits per heavy atom. The van der Waals surface area contributed by atoms with E-state index in [1.165, 1.54) is 6.92 Å². The van der Waals surface area contributed by atoms with Crippen LogP contribution in [-0.4, -0.2) is 59.6 Å². The predicted octanol–water partition coefficient (Wildman–Crippen LogP) is 2.19. The molecule has 1 N–H and O–H groups in total. The summed E-state index contributed by atoms with van der Waals surface area (Å²) in [6.07, 6.45) is 0. The summed E-state index contributed by atoms with van der Waals surface area (Å²) >= 11 is 5.88. The molecule has 0 aromatic heterocycles. The number of piperazine rings is 1. The molecule has 0 atom stereocenters. The number of nitrogens with one attached hydrogen (secondary N) is 1. The number of nitrogens with zero attached hydrogens (tertiary/aromatic N) is 2. The van der Waals surface area contributed by atoms with Gasteiger partial charge in [0, 0.05) is 50.2 Å². The van der Waals surface area contributed by atoms with E-state index in [2.05, 4.69) is 5.32 Å². The summed E-state index contributed by atoms with van der Waals surface area (Å²) in [5.74, 6) is -0.00206. The van der Waals surface area contributed by atoms with Gasteiger partial charge in [-0.25, -0.2) is 0 Å². The first-order chi connectivity index (χ1) is 11.7. The van der Waals surface area contributed by atoms with Gasteiger partial charge in [-0.3, -0.25) is 14.4 Å². The first-order valence-electron chi connectivity index (χ1n) is 8.27. The number of carbonyl (C=O) groups excluding carboxylic acids is 3. The van der Waals surface area contributed by atoms with Crippen LogP contribution >= 0.6 is 11.6 Å². The Labute approximate surface area is 153 Å². The molecule has 0 aliphatic carbocycles. The van der Waals surface area contributed by atoms with Crippen LogP contribution in [0.4, 0.5) is 5.69 Å². The van der Waals surface area contributed by atoms with E-state index in [1.54, 1.807) is 34.1 Å². The average Bonchev–Trinajstić information content (AvgIpc) is 2.60. The third-order valence-corrected chi connectivity index (χ3v) is 4.87. The highest BCUT2D eigenvalue weighted by molar-refractivity contribution is 6.19. The van der Waals surface area contributed by atoms with Crippen molar-refractivity contribution in [2.75, 3.05) is 37.4 Å². The topological polar surface area (TPSA) is 69.7 Å². The van der Waals surface area contributed by atoms with Gasteiger partial charge in [0.05, 0.1) is 5.41 Å². The van der Waals surface area contributed by atoms with Crippen LogP contribution in [-0.2, 0) is 9.59 Å². The SMILES string of the molecule is CC(=O)Nc1cccc(C(=O)N2CCN(C(=O)C(C)(C)CCl)CC2)c1. The molecule has 1 saturated heterocycles. The van der Waals surface area contributed by atoms with Crippen LogP contribution in [0.3, 0.4) is 0 Å². The number of rotatable bonds is 4. The number of amides is 3. The number of hydrogen-bond donors (Lipinski definition) is 1. The van der Waals surface area contributed by atoms with E-state index in [4.69, 9.17) is 11.6 Å². The molecule has 7 heteroatoms. The van der Waals surface area contributed by atoms with E-state index in [9.17, 15) is 14.4 Å². The van der Waals surface area contributed by atoms with E-state index >= 15 is 0 Å². The molecule has 6 nitrogen and oxygen atoms in total. The molecule has 2 rings (SSSR count). The number of anilines is 1. The molecule has 1 aromatic carbocycles. The summed E-state index contributed by atoms with van der Waals surface area (Å²) in [5, 5.41) is 2.67. The fourth-order valence-electron chi connectivity index (χ4n) is 2.71. The lowest BCUT2D eigenvalue weighted by Crippen LogP contribution is -2.53. The zero-order valence-electron chi connectivity index (χ0n) is 14.8. The van der Waals surface area contributed by atoms with E-state index in [-0.39, 0.29) is 23.6 Å². The quantitative estimate of drug-likeness (QED) is 0.831. The van der Waals surface area contributed by atoms with Crippen molar-refractivity contribution in [1.82, 2.24) is 9.80 Å². The highest BCUT2D eigenvalue weighted by Gasteiger charge is 2.33. The first-order valence-corrected chi connectivity index (χ1v) is 8.80. The lowest BCUT2D eigenvalue weighted by atomic mass is 9.94. The lowest BCUT2D eigenvalue weighted by Gasteiger charge is -2.38. The predicted molar refractivity (Wildman–Crippen MR) is 97.7 cm³/mol. The van der Waals surface area contributed by atoms with Gasteiger partial charge in [-0.1, -0.05) is 6.07 Å². The van der Waals surface area contributed by atoms with Crippen molar-refractivity contribution in [1.29, 1.82) is 0 Å². The Hall–Kier alpha value is -2.08. The fourth-order valence-corrected chi connectivity index (χ4v) is 2.83. The number of benzene rings is 1. The maximum atomic E-state index is 12.7. The minimum Gasteiger partial charge on any atom is -0.339 e. The van der Waals surface area contributed by atoms with Gasteiger partial charge in [0.15, 0.2) is 0 Å². The van der Waals surface area contributed by atoms with Gasteiger partial charge in [0.25, 0.3) is 5.91 Å². The smallest absolute Gasteiger partial charge is 0.254 e. The second kappa shape index (κ2) is 7.87. The summed E-state index contributed by atoms with van der Waals surface area (Å²) in [6, 6.07) is 6.87. The Morgan fingerprint density at radius 2 is 1.72 bits per heavy atom. The van der Waals surface area contributed by atoms with Crippen LogP contribution in [0.5, 0.6) is 0 Å². The Balaban J connectivity index is 2.00. The summed E-state index contributed by atoms with van der Waals surface area (Å²) in [4.78, 5) is 39.7. The monoisotopic (exact) mass is 365 g/mol. The molecule has 0 saturated carbocycles. The van der Waals surface area contributed by atoms with Crippen molar-refractivity contribution in [2.45, 2.75) is 20.8 Å². The zero-order valence-corrected chi connectivity index (χ0v) is 15.6. The van der Waals surface area contributed by atoms with Gasteiger partial charge < -0.3 is 15.1 Å². The molecule has 1 aliphatic rings. The molecule has 136 valence electrons. The second-order valence-corrected chi connectivity index (χ2v) is 7.13. The van der Waals surface area contributed by atoms with Crippen molar-refractivity contribution >= 4 is 35.0 Å². The van der Waals surface area contributed by atoms with Crippen molar-refractivity contribution in [3.63, 3.8) is 0 Å². The van der Waals surface area contributed by atoms with E-state index < -0.39 is 5.41 Å². The van der Waals surface area contributed by atoms with Crippen molar-refractivity contribution in [3.05, 3.63) is 29.8 Å². The van der Waals surface area contributed by atoms with Crippen LogP contribution in [0.1, 0.15) is 31.1 Å². The Kier molecular flexibility index (Phi) is 6.06. The molecule has 1 heterocycles. The summed E-state index contributed by atoms with van der Waals surface area (Å²) < 4.78 is 0. The van der Waals surface area contributed by atoms with E-state index in [0.717, 1.165) is 0 Å². The van der Waals surface area contributed by atoms with Crippen molar-refractivity contribution in [3.8, 4) is 0 Å². The summed E-state index contributed by atoms with van der Waals surface area (Å²) in [5.41, 5.74) is 0.517. The molecular weight excluding hydrogens is 342 g/mol. The third-order valence-electron chi connectivity index (χ3n) is 4.20. The van der Waals surface area contributed by atoms with Gasteiger partial charge in [-0.05, 0) is 32.0 Å². The van der Waals surface area contributed by atoms with Crippen molar-refractivity contribution < 1.29 is 14.4 Å². The van der Waals surface area contributed by atoms with Crippen LogP contribution in [0.2, 0.25) is 0 Å². The van der Waals surface area contributed by atoms with Gasteiger partial charge in [0.2, 0.25) is 11.8 Å². The highest BCUT2D eigenvalue weighted by Crippen LogP contribution is 2.22. The normalized spacial score (nSPS) is 15.0. The second-order valence-electron chi connectivity index (χ2n) is 6.86. The molecule has 0 bridgehead atoms. The van der Waals surface area contributed by atoms with Gasteiger partial charge in [0.1, 0.15) is 0 Å². The molecule has 0 radical (unpaired) electrons. The van der Waals surface area contributed by atoms with Crippen molar-refractivity contribution in [2.24, 2.45) is 5.41 Å². The molecular formula is C18H24ClN3O3. The van der Waals surface area contributed by atoms with Gasteiger partial charge >= 0.3 is 0 Å². The number of alkyl halides is 1. The minimum absolute atomic E-state index is 0.0160. The molecule has 1 fully saturated rings. The highest BCUT2D eigenvalue weighted by atomic mass is 35.5. The number of carbonyl (C=O) groups is 3. The van der Waals surface area contributed by atoms with E-state index in [1.807, 2.05) is 13.8 Å². The van der Waals surface area contributed by atoms with Crippen LogP contribution in [0.15, 0.2) is 24.3 Å².